The van der Waals surface area contributed by atoms with Crippen molar-refractivity contribution in [2.75, 3.05) is 5.32 Å². The Hall–Kier alpha value is -2.20. The monoisotopic (exact) mass is 268 g/mol. The number of hydrogen-bond donors (Lipinski definition) is 1. The first-order valence-electron chi connectivity index (χ1n) is 5.93. The van der Waals surface area contributed by atoms with Crippen molar-refractivity contribution in [1.82, 2.24) is 4.98 Å². The lowest BCUT2D eigenvalue weighted by Crippen LogP contribution is -2.11. The maximum Gasteiger partial charge on any atom is 0.256 e. The predicted octanol–water partition coefficient (Wildman–Crippen LogP) is 3.86. The van der Waals surface area contributed by atoms with Crippen LogP contribution in [0.1, 0.15) is 15.9 Å². The fourth-order valence-corrected chi connectivity index (χ4v) is 2.65. The first kappa shape index (κ1) is 11.9. The number of aryl methyl sites for hydroxylation is 1. The maximum atomic E-state index is 12.1. The van der Waals surface area contributed by atoms with Crippen LogP contribution in [0.4, 0.5) is 5.69 Å². The number of anilines is 1. The van der Waals surface area contributed by atoms with Crippen molar-refractivity contribution in [2.24, 2.45) is 0 Å². The van der Waals surface area contributed by atoms with E-state index in [2.05, 4.69) is 10.3 Å². The van der Waals surface area contributed by atoms with Gasteiger partial charge in [-0.1, -0.05) is 6.07 Å². The summed E-state index contributed by atoms with van der Waals surface area (Å²) in [6, 6.07) is 9.55. The van der Waals surface area contributed by atoms with Crippen LogP contribution in [-0.2, 0) is 0 Å². The van der Waals surface area contributed by atoms with Gasteiger partial charge in [0.05, 0.1) is 16.8 Å². The van der Waals surface area contributed by atoms with E-state index in [0.29, 0.717) is 5.56 Å². The van der Waals surface area contributed by atoms with Crippen LogP contribution >= 0.6 is 11.3 Å². The summed E-state index contributed by atoms with van der Waals surface area (Å²) in [5.74, 6) is -0.0877. The fourth-order valence-electron chi connectivity index (χ4n) is 2.01. The summed E-state index contributed by atoms with van der Waals surface area (Å²) in [5.41, 5.74) is 3.50. The zero-order valence-corrected chi connectivity index (χ0v) is 11.2. The lowest BCUT2D eigenvalue weighted by Gasteiger charge is -2.09. The summed E-state index contributed by atoms with van der Waals surface area (Å²) in [4.78, 5) is 16.4. The largest absolute Gasteiger partial charge is 0.321 e. The van der Waals surface area contributed by atoms with Gasteiger partial charge in [0.1, 0.15) is 0 Å². The summed E-state index contributed by atoms with van der Waals surface area (Å²) < 4.78 is 0. The van der Waals surface area contributed by atoms with E-state index in [4.69, 9.17) is 0 Å². The molecule has 0 radical (unpaired) electrons. The molecule has 0 bridgehead atoms. The minimum atomic E-state index is -0.0877. The number of thiophene rings is 1. The quantitative estimate of drug-likeness (QED) is 0.767. The molecule has 94 valence electrons. The standard InChI is InChI=1S/C15H12N2OS/c1-10-4-5-13(12-3-2-7-16-14(10)12)17-15(18)11-6-8-19-9-11/h2-9H,1H3,(H,17,18). The van der Waals surface area contributed by atoms with E-state index < -0.39 is 0 Å². The lowest BCUT2D eigenvalue weighted by atomic mass is 10.1. The molecule has 0 aliphatic rings. The minimum Gasteiger partial charge on any atom is -0.321 e. The van der Waals surface area contributed by atoms with Crippen LogP contribution < -0.4 is 5.32 Å². The normalized spacial score (nSPS) is 10.6. The van der Waals surface area contributed by atoms with Crippen LogP contribution in [0.2, 0.25) is 0 Å². The Morgan fingerprint density at radius 3 is 2.95 bits per heavy atom. The van der Waals surface area contributed by atoms with Crippen molar-refractivity contribution in [3.05, 3.63) is 58.4 Å². The molecule has 1 N–H and O–H groups in total. The number of nitrogens with zero attached hydrogens (tertiary/aromatic N) is 1. The van der Waals surface area contributed by atoms with Gasteiger partial charge in [-0.3, -0.25) is 9.78 Å². The van der Waals surface area contributed by atoms with Crippen LogP contribution in [0.5, 0.6) is 0 Å². The average molecular weight is 268 g/mol. The van der Waals surface area contributed by atoms with E-state index in [-0.39, 0.29) is 5.91 Å². The first-order chi connectivity index (χ1) is 9.25. The molecule has 0 aliphatic carbocycles. The van der Waals surface area contributed by atoms with Gasteiger partial charge >= 0.3 is 0 Å². The third kappa shape index (κ3) is 2.22. The van der Waals surface area contributed by atoms with E-state index in [1.54, 1.807) is 6.20 Å². The van der Waals surface area contributed by atoms with Gasteiger partial charge in [0.25, 0.3) is 5.91 Å². The second-order valence-corrected chi connectivity index (χ2v) is 5.08. The number of carbonyl (C=O) groups is 1. The molecule has 3 rings (SSSR count). The summed E-state index contributed by atoms with van der Waals surface area (Å²) in [6.07, 6.45) is 1.76. The van der Waals surface area contributed by atoms with Gasteiger partial charge in [-0.05, 0) is 42.1 Å². The van der Waals surface area contributed by atoms with Gasteiger partial charge in [-0.15, -0.1) is 0 Å². The van der Waals surface area contributed by atoms with Crippen LogP contribution in [0.15, 0.2) is 47.3 Å². The highest BCUT2D eigenvalue weighted by molar-refractivity contribution is 7.08. The number of hydrogen-bond acceptors (Lipinski definition) is 3. The van der Waals surface area contributed by atoms with Gasteiger partial charge < -0.3 is 5.32 Å². The molecule has 0 saturated heterocycles. The Morgan fingerprint density at radius 1 is 1.26 bits per heavy atom. The zero-order valence-electron chi connectivity index (χ0n) is 10.4. The van der Waals surface area contributed by atoms with E-state index in [1.807, 2.05) is 48.0 Å². The van der Waals surface area contributed by atoms with Gasteiger partial charge in [-0.2, -0.15) is 11.3 Å². The van der Waals surface area contributed by atoms with E-state index in [0.717, 1.165) is 22.2 Å². The summed E-state index contributed by atoms with van der Waals surface area (Å²) in [7, 11) is 0. The van der Waals surface area contributed by atoms with E-state index in [1.165, 1.54) is 11.3 Å². The second-order valence-electron chi connectivity index (χ2n) is 4.30. The third-order valence-electron chi connectivity index (χ3n) is 3.00. The number of nitrogens with one attached hydrogen (secondary N) is 1. The zero-order chi connectivity index (χ0) is 13.2. The molecule has 0 spiro atoms. The molecule has 1 amide bonds. The van der Waals surface area contributed by atoms with Crippen molar-refractivity contribution < 1.29 is 4.79 Å². The SMILES string of the molecule is Cc1ccc(NC(=O)c2ccsc2)c2cccnc12. The highest BCUT2D eigenvalue weighted by Gasteiger charge is 2.09. The molecule has 0 saturated carbocycles. The smallest absolute Gasteiger partial charge is 0.256 e. The molecule has 0 fully saturated rings. The van der Waals surface area contributed by atoms with Crippen molar-refractivity contribution in [1.29, 1.82) is 0 Å². The fraction of sp³-hybridized carbons (Fsp3) is 0.0667. The number of aromatic nitrogens is 1. The molecule has 0 unspecified atom stereocenters. The molecule has 3 nitrogen and oxygen atoms in total. The highest BCUT2D eigenvalue weighted by Crippen LogP contribution is 2.25. The Morgan fingerprint density at radius 2 is 2.16 bits per heavy atom. The molecule has 19 heavy (non-hydrogen) atoms. The Bertz CT molecular complexity index is 735. The van der Waals surface area contributed by atoms with Crippen molar-refractivity contribution in [3.8, 4) is 0 Å². The Balaban J connectivity index is 2.02. The molecule has 4 heteroatoms. The molecule has 3 aromatic rings. The van der Waals surface area contributed by atoms with Crippen molar-refractivity contribution in [3.63, 3.8) is 0 Å². The predicted molar refractivity (Wildman–Crippen MR) is 78.8 cm³/mol. The molecule has 1 aromatic carbocycles. The van der Waals surface area contributed by atoms with Crippen LogP contribution in [0.25, 0.3) is 10.9 Å². The maximum absolute atomic E-state index is 12.1. The van der Waals surface area contributed by atoms with Gasteiger partial charge in [0, 0.05) is 17.0 Å². The van der Waals surface area contributed by atoms with Gasteiger partial charge in [0.2, 0.25) is 0 Å². The average Bonchev–Trinajstić information content (AvgIpc) is 2.96. The highest BCUT2D eigenvalue weighted by atomic mass is 32.1. The van der Waals surface area contributed by atoms with Crippen LogP contribution in [0.3, 0.4) is 0 Å². The molecule has 2 heterocycles. The molecule has 0 aliphatic heterocycles. The molecule has 2 aromatic heterocycles. The molecule has 0 atom stereocenters. The lowest BCUT2D eigenvalue weighted by molar-refractivity contribution is 0.102. The van der Waals surface area contributed by atoms with Gasteiger partial charge in [-0.25, -0.2) is 0 Å². The third-order valence-corrected chi connectivity index (χ3v) is 3.69. The summed E-state index contributed by atoms with van der Waals surface area (Å²) >= 11 is 1.51. The van der Waals surface area contributed by atoms with E-state index >= 15 is 0 Å². The minimum absolute atomic E-state index is 0.0877. The number of carbonyl (C=O) groups excluding carboxylic acids is 1. The summed E-state index contributed by atoms with van der Waals surface area (Å²) in [5, 5.41) is 7.64. The number of benzene rings is 1. The number of fused-ring (bicyclic) bond motifs is 1. The Labute approximate surface area is 114 Å². The van der Waals surface area contributed by atoms with Gasteiger partial charge in [0.15, 0.2) is 0 Å². The van der Waals surface area contributed by atoms with E-state index in [9.17, 15) is 4.79 Å². The number of pyridine rings is 1. The number of amides is 1. The van der Waals surface area contributed by atoms with Crippen LogP contribution in [0, 0.1) is 6.92 Å². The molecular weight excluding hydrogens is 256 g/mol. The van der Waals surface area contributed by atoms with Crippen LogP contribution in [-0.4, -0.2) is 10.9 Å². The topological polar surface area (TPSA) is 42.0 Å². The second kappa shape index (κ2) is 4.82. The first-order valence-corrected chi connectivity index (χ1v) is 6.88. The number of rotatable bonds is 2. The summed E-state index contributed by atoms with van der Waals surface area (Å²) in [6.45, 7) is 2.01. The Kier molecular flexibility index (Phi) is 3.01. The van der Waals surface area contributed by atoms with Crippen molar-refractivity contribution >= 4 is 33.8 Å². The molecular formula is C15H12N2OS. The van der Waals surface area contributed by atoms with Crippen molar-refractivity contribution in [2.45, 2.75) is 6.92 Å².